The summed E-state index contributed by atoms with van der Waals surface area (Å²) in [5.74, 6) is 0.391. The molecule has 1 fully saturated rings. The zero-order valence-corrected chi connectivity index (χ0v) is 18.0. The molecule has 1 aromatic heterocycles. The predicted octanol–water partition coefficient (Wildman–Crippen LogP) is 2.88. The molecule has 2 amide bonds. The average Bonchev–Trinajstić information content (AvgIpc) is 2.72. The molecular formula is C21H27N5O2S. The molecular weight excluding hydrogens is 386 g/mol. The average molecular weight is 414 g/mol. The van der Waals surface area contributed by atoms with Crippen LogP contribution in [0.4, 0.5) is 11.4 Å². The van der Waals surface area contributed by atoms with Crippen molar-refractivity contribution in [2.75, 3.05) is 42.1 Å². The molecule has 0 bridgehead atoms. The summed E-state index contributed by atoms with van der Waals surface area (Å²) in [6.07, 6.45) is 0.558. The van der Waals surface area contributed by atoms with E-state index in [-0.39, 0.29) is 17.6 Å². The van der Waals surface area contributed by atoms with E-state index in [9.17, 15) is 9.59 Å². The van der Waals surface area contributed by atoms with E-state index in [2.05, 4.69) is 20.2 Å². The first-order chi connectivity index (χ1) is 13.9. The van der Waals surface area contributed by atoms with Crippen LogP contribution in [-0.2, 0) is 9.59 Å². The third-order valence-electron chi connectivity index (χ3n) is 4.75. The van der Waals surface area contributed by atoms with Crippen molar-refractivity contribution in [2.45, 2.75) is 32.3 Å². The molecule has 8 heteroatoms. The second kappa shape index (κ2) is 9.73. The van der Waals surface area contributed by atoms with Gasteiger partial charge in [-0.25, -0.2) is 9.97 Å². The van der Waals surface area contributed by atoms with Gasteiger partial charge >= 0.3 is 0 Å². The van der Waals surface area contributed by atoms with E-state index in [1.807, 2.05) is 56.0 Å². The van der Waals surface area contributed by atoms with Crippen LogP contribution in [0, 0.1) is 13.8 Å². The van der Waals surface area contributed by atoms with Gasteiger partial charge in [0.15, 0.2) is 5.16 Å². The van der Waals surface area contributed by atoms with Gasteiger partial charge in [-0.2, -0.15) is 0 Å². The predicted molar refractivity (Wildman–Crippen MR) is 116 cm³/mol. The van der Waals surface area contributed by atoms with Crippen LogP contribution in [0.15, 0.2) is 35.5 Å². The molecule has 1 aliphatic rings. The van der Waals surface area contributed by atoms with E-state index in [1.54, 1.807) is 0 Å². The van der Waals surface area contributed by atoms with Gasteiger partial charge in [0.05, 0.1) is 5.75 Å². The maximum Gasteiger partial charge on any atom is 0.234 e. The summed E-state index contributed by atoms with van der Waals surface area (Å²) < 4.78 is 0. The first-order valence-electron chi connectivity index (χ1n) is 9.82. The summed E-state index contributed by atoms with van der Waals surface area (Å²) in [7, 11) is 0. The van der Waals surface area contributed by atoms with Crippen molar-refractivity contribution in [3.63, 3.8) is 0 Å². The van der Waals surface area contributed by atoms with Crippen molar-refractivity contribution in [1.82, 2.24) is 14.9 Å². The Kier molecular flexibility index (Phi) is 7.09. The van der Waals surface area contributed by atoms with Gasteiger partial charge in [-0.15, -0.1) is 0 Å². The van der Waals surface area contributed by atoms with E-state index in [0.717, 1.165) is 48.9 Å². The molecule has 2 aromatic rings. The second-order valence-electron chi connectivity index (χ2n) is 7.04. The fourth-order valence-electron chi connectivity index (χ4n) is 3.28. The lowest BCUT2D eigenvalue weighted by Gasteiger charge is -2.36. The third kappa shape index (κ3) is 5.93. The minimum Gasteiger partial charge on any atom is -0.368 e. The number of aryl methyl sites for hydroxylation is 2. The van der Waals surface area contributed by atoms with Gasteiger partial charge in [0.25, 0.3) is 0 Å². The van der Waals surface area contributed by atoms with Gasteiger partial charge < -0.3 is 15.1 Å². The van der Waals surface area contributed by atoms with Gasteiger partial charge in [0, 0.05) is 55.4 Å². The van der Waals surface area contributed by atoms with Gasteiger partial charge in [0.2, 0.25) is 11.8 Å². The minimum absolute atomic E-state index is 0.0859. The van der Waals surface area contributed by atoms with Crippen LogP contribution in [0.3, 0.4) is 0 Å². The quantitative estimate of drug-likeness (QED) is 0.580. The van der Waals surface area contributed by atoms with Crippen molar-refractivity contribution < 1.29 is 9.59 Å². The molecule has 0 saturated carbocycles. The highest BCUT2D eigenvalue weighted by Crippen LogP contribution is 2.20. The number of thioether (sulfide) groups is 1. The highest BCUT2D eigenvalue weighted by Gasteiger charge is 2.20. The number of hydrogen-bond acceptors (Lipinski definition) is 6. The van der Waals surface area contributed by atoms with Crippen LogP contribution in [0.1, 0.15) is 24.7 Å². The number of carbonyl (C=O) groups is 2. The van der Waals surface area contributed by atoms with Gasteiger partial charge in [-0.1, -0.05) is 18.7 Å². The van der Waals surface area contributed by atoms with E-state index in [4.69, 9.17) is 0 Å². The fraction of sp³-hybridized carbons (Fsp3) is 0.429. The summed E-state index contributed by atoms with van der Waals surface area (Å²) in [6, 6.07) is 9.75. The Morgan fingerprint density at radius 2 is 1.66 bits per heavy atom. The third-order valence-corrected chi connectivity index (χ3v) is 5.59. The van der Waals surface area contributed by atoms with Crippen LogP contribution in [0.2, 0.25) is 0 Å². The lowest BCUT2D eigenvalue weighted by Crippen LogP contribution is -2.48. The molecule has 2 heterocycles. The number of nitrogens with one attached hydrogen (secondary N) is 1. The Morgan fingerprint density at radius 3 is 2.24 bits per heavy atom. The summed E-state index contributed by atoms with van der Waals surface area (Å²) >= 11 is 1.33. The molecule has 0 radical (unpaired) electrons. The largest absolute Gasteiger partial charge is 0.368 e. The Bertz CT molecular complexity index is 844. The zero-order chi connectivity index (χ0) is 20.8. The van der Waals surface area contributed by atoms with Crippen molar-refractivity contribution in [2.24, 2.45) is 0 Å². The van der Waals surface area contributed by atoms with Crippen LogP contribution >= 0.6 is 11.8 Å². The Balaban J connectivity index is 1.49. The maximum atomic E-state index is 12.2. The van der Waals surface area contributed by atoms with Crippen molar-refractivity contribution in [1.29, 1.82) is 0 Å². The molecule has 0 unspecified atom stereocenters. The van der Waals surface area contributed by atoms with Crippen LogP contribution in [-0.4, -0.2) is 58.6 Å². The number of piperazine rings is 1. The fourth-order valence-corrected chi connectivity index (χ4v) is 4.03. The SMILES string of the molecule is CCC(=O)N1CCN(c2ccc(NC(=O)CSc3nc(C)cc(C)n3)cc2)CC1. The number of carbonyl (C=O) groups excluding carboxylic acids is 2. The number of aromatic nitrogens is 2. The standard InChI is InChI=1S/C21H27N5O2S/c1-4-20(28)26-11-9-25(10-12-26)18-7-5-17(6-8-18)24-19(27)14-29-21-22-15(2)13-16(3)23-21/h5-8,13H,4,9-12,14H2,1-3H3,(H,24,27). The monoisotopic (exact) mass is 413 g/mol. The molecule has 0 spiro atoms. The molecule has 3 rings (SSSR count). The van der Waals surface area contributed by atoms with E-state index >= 15 is 0 Å². The molecule has 1 aliphatic heterocycles. The summed E-state index contributed by atoms with van der Waals surface area (Å²) in [5, 5.41) is 3.53. The highest BCUT2D eigenvalue weighted by molar-refractivity contribution is 7.99. The summed E-state index contributed by atoms with van der Waals surface area (Å²) in [5.41, 5.74) is 3.66. The number of nitrogens with zero attached hydrogens (tertiary/aromatic N) is 4. The molecule has 154 valence electrons. The first kappa shape index (κ1) is 21.1. The minimum atomic E-state index is -0.0859. The van der Waals surface area contributed by atoms with Gasteiger partial charge in [-0.3, -0.25) is 9.59 Å². The number of hydrogen-bond donors (Lipinski definition) is 1. The van der Waals surface area contributed by atoms with Crippen LogP contribution in [0.5, 0.6) is 0 Å². The Hall–Kier alpha value is -2.61. The number of rotatable bonds is 6. The van der Waals surface area contributed by atoms with E-state index < -0.39 is 0 Å². The number of amides is 2. The molecule has 1 N–H and O–H groups in total. The molecule has 7 nitrogen and oxygen atoms in total. The van der Waals surface area contributed by atoms with Crippen LogP contribution in [0.25, 0.3) is 0 Å². The lowest BCUT2D eigenvalue weighted by molar-refractivity contribution is -0.131. The number of benzene rings is 1. The highest BCUT2D eigenvalue weighted by atomic mass is 32.2. The smallest absolute Gasteiger partial charge is 0.234 e. The molecule has 1 aromatic carbocycles. The first-order valence-corrected chi connectivity index (χ1v) is 10.8. The molecule has 0 atom stereocenters. The Morgan fingerprint density at radius 1 is 1.03 bits per heavy atom. The van der Waals surface area contributed by atoms with Gasteiger partial charge in [0.1, 0.15) is 0 Å². The van der Waals surface area contributed by atoms with Crippen molar-refractivity contribution >= 4 is 35.0 Å². The van der Waals surface area contributed by atoms with E-state index in [0.29, 0.717) is 11.6 Å². The lowest BCUT2D eigenvalue weighted by atomic mass is 10.2. The van der Waals surface area contributed by atoms with Crippen molar-refractivity contribution in [3.05, 3.63) is 41.7 Å². The topological polar surface area (TPSA) is 78.4 Å². The number of anilines is 2. The zero-order valence-electron chi connectivity index (χ0n) is 17.1. The second-order valence-corrected chi connectivity index (χ2v) is 7.98. The normalized spacial score (nSPS) is 14.0. The van der Waals surface area contributed by atoms with Gasteiger partial charge in [-0.05, 0) is 44.2 Å². The molecule has 1 saturated heterocycles. The van der Waals surface area contributed by atoms with Crippen molar-refractivity contribution in [3.8, 4) is 0 Å². The molecule has 0 aliphatic carbocycles. The maximum absolute atomic E-state index is 12.2. The van der Waals surface area contributed by atoms with Crippen LogP contribution < -0.4 is 10.2 Å². The Labute approximate surface area is 175 Å². The van der Waals surface area contributed by atoms with E-state index in [1.165, 1.54) is 11.8 Å². The summed E-state index contributed by atoms with van der Waals surface area (Å²) in [6.45, 7) is 8.89. The molecule has 29 heavy (non-hydrogen) atoms. The summed E-state index contributed by atoms with van der Waals surface area (Å²) in [4.78, 5) is 36.9.